The van der Waals surface area contributed by atoms with Crippen LogP contribution in [0.5, 0.6) is 5.75 Å². The van der Waals surface area contributed by atoms with Gasteiger partial charge in [-0.1, -0.05) is 6.07 Å². The number of hydrogen-bond acceptors (Lipinski definition) is 4. The number of anilines is 1. The number of alkyl halides is 3. The summed E-state index contributed by atoms with van der Waals surface area (Å²) in [5.74, 6) is -2.45. The van der Waals surface area contributed by atoms with Crippen molar-refractivity contribution in [2.75, 3.05) is 4.90 Å². The van der Waals surface area contributed by atoms with E-state index in [0.29, 0.717) is 4.90 Å². The number of carboxylic acid groups (broad SMARTS) is 1. The number of nitrogens with zero attached hydrogens (tertiary/aromatic N) is 1. The van der Waals surface area contributed by atoms with Crippen molar-refractivity contribution in [1.29, 1.82) is 0 Å². The molecule has 1 aromatic rings. The Morgan fingerprint density at radius 3 is 2.65 bits per heavy atom. The Balaban J connectivity index is 2.18. The Morgan fingerprint density at radius 1 is 1.35 bits per heavy atom. The number of rotatable bonds is 5. The first-order valence-electron chi connectivity index (χ1n) is 6.39. The summed E-state index contributed by atoms with van der Waals surface area (Å²) in [5.41, 5.74) is -0.105. The van der Waals surface area contributed by atoms with Gasteiger partial charge in [-0.2, -0.15) is 0 Å². The molecule has 10 heteroatoms. The maximum Gasteiger partial charge on any atom is 0.573 e. The van der Waals surface area contributed by atoms with Gasteiger partial charge >= 0.3 is 18.4 Å². The average Bonchev–Trinajstić information content (AvgIpc) is 2.69. The molecule has 1 aliphatic heterocycles. The Kier molecular flexibility index (Phi) is 4.43. The molecule has 2 rings (SSSR count). The van der Waals surface area contributed by atoms with Crippen LogP contribution in [0.4, 0.5) is 23.7 Å². The van der Waals surface area contributed by atoms with Crippen molar-refractivity contribution in [3.8, 4) is 5.75 Å². The van der Waals surface area contributed by atoms with Crippen molar-refractivity contribution in [3.63, 3.8) is 0 Å². The number of amides is 3. The van der Waals surface area contributed by atoms with Gasteiger partial charge in [0.25, 0.3) is 5.91 Å². The zero-order valence-electron chi connectivity index (χ0n) is 11.5. The van der Waals surface area contributed by atoms with Gasteiger partial charge in [0.2, 0.25) is 0 Å². The van der Waals surface area contributed by atoms with Gasteiger partial charge in [0.1, 0.15) is 11.8 Å². The van der Waals surface area contributed by atoms with Crippen LogP contribution in [-0.2, 0) is 9.59 Å². The second kappa shape index (κ2) is 6.15. The van der Waals surface area contributed by atoms with Crippen LogP contribution in [0.2, 0.25) is 0 Å². The number of carboxylic acids is 1. The second-order valence-electron chi connectivity index (χ2n) is 4.65. The van der Waals surface area contributed by atoms with E-state index in [-0.39, 0.29) is 18.5 Å². The lowest BCUT2D eigenvalue weighted by molar-refractivity contribution is -0.274. The molecule has 23 heavy (non-hydrogen) atoms. The zero-order valence-corrected chi connectivity index (χ0v) is 11.5. The molecule has 1 aromatic carbocycles. The highest BCUT2D eigenvalue weighted by Crippen LogP contribution is 2.28. The molecule has 0 saturated carbocycles. The Morgan fingerprint density at radius 2 is 2.04 bits per heavy atom. The lowest BCUT2D eigenvalue weighted by Crippen LogP contribution is -2.31. The summed E-state index contributed by atoms with van der Waals surface area (Å²) in [5, 5.41) is 10.9. The van der Waals surface area contributed by atoms with E-state index < -0.39 is 36.1 Å². The van der Waals surface area contributed by atoms with Crippen molar-refractivity contribution in [2.45, 2.75) is 25.2 Å². The lowest BCUT2D eigenvalue weighted by atomic mass is 10.1. The normalized spacial score (nSPS) is 18.0. The van der Waals surface area contributed by atoms with Gasteiger partial charge in [-0.05, 0) is 18.6 Å². The Hall–Kier alpha value is -2.78. The van der Waals surface area contributed by atoms with Crippen LogP contribution >= 0.6 is 0 Å². The molecule has 0 unspecified atom stereocenters. The molecule has 0 spiro atoms. The summed E-state index contributed by atoms with van der Waals surface area (Å²) in [4.78, 5) is 35.1. The van der Waals surface area contributed by atoms with E-state index in [1.54, 1.807) is 0 Å². The fraction of sp³-hybridized carbons (Fsp3) is 0.308. The van der Waals surface area contributed by atoms with Gasteiger partial charge < -0.3 is 15.2 Å². The van der Waals surface area contributed by atoms with Gasteiger partial charge in [-0.15, -0.1) is 13.2 Å². The number of imide groups is 1. The number of halogens is 3. The maximum absolute atomic E-state index is 12.2. The standard InChI is InChI=1S/C13H11F3N2O5/c14-13(15,16)23-8-3-1-2-7(6-8)18-11(21)9(17-12(18)22)4-5-10(19)20/h1-3,6,9H,4-5H2,(H,17,22)(H,19,20)/t9-/m0/s1. The summed E-state index contributed by atoms with van der Waals surface area (Å²) in [6, 6.07) is 2.50. The highest BCUT2D eigenvalue weighted by atomic mass is 19.4. The van der Waals surface area contributed by atoms with E-state index in [4.69, 9.17) is 5.11 Å². The molecule has 3 amide bonds. The number of aliphatic carboxylic acids is 1. The first-order valence-corrected chi connectivity index (χ1v) is 6.39. The molecular formula is C13H11F3N2O5. The number of urea groups is 1. The zero-order chi connectivity index (χ0) is 17.2. The Labute approximate surface area is 127 Å². The number of carbonyl (C=O) groups excluding carboxylic acids is 2. The molecule has 7 nitrogen and oxygen atoms in total. The van der Waals surface area contributed by atoms with Crippen LogP contribution in [0.15, 0.2) is 24.3 Å². The van der Waals surface area contributed by atoms with Crippen molar-refractivity contribution in [1.82, 2.24) is 5.32 Å². The lowest BCUT2D eigenvalue weighted by Gasteiger charge is -2.15. The minimum atomic E-state index is -4.90. The number of benzene rings is 1. The molecule has 124 valence electrons. The minimum Gasteiger partial charge on any atom is -0.481 e. The number of ether oxygens (including phenoxy) is 1. The molecule has 0 aromatic heterocycles. The quantitative estimate of drug-likeness (QED) is 0.803. The molecule has 0 bridgehead atoms. The monoisotopic (exact) mass is 332 g/mol. The second-order valence-corrected chi connectivity index (χ2v) is 4.65. The predicted octanol–water partition coefficient (Wildman–Crippen LogP) is 1.87. The van der Waals surface area contributed by atoms with Gasteiger partial charge in [0, 0.05) is 12.5 Å². The number of nitrogens with one attached hydrogen (secondary N) is 1. The van der Waals surface area contributed by atoms with Gasteiger partial charge in [-0.25, -0.2) is 9.69 Å². The van der Waals surface area contributed by atoms with Crippen LogP contribution in [0.1, 0.15) is 12.8 Å². The highest BCUT2D eigenvalue weighted by Gasteiger charge is 2.39. The highest BCUT2D eigenvalue weighted by molar-refractivity contribution is 6.21. The number of carbonyl (C=O) groups is 3. The topological polar surface area (TPSA) is 95.9 Å². The van der Waals surface area contributed by atoms with Crippen LogP contribution in [0, 0.1) is 0 Å². The summed E-state index contributed by atoms with van der Waals surface area (Å²) in [7, 11) is 0. The summed E-state index contributed by atoms with van der Waals surface area (Å²) in [6.07, 6.45) is -5.35. The molecule has 2 N–H and O–H groups in total. The first kappa shape index (κ1) is 16.6. The third-order valence-electron chi connectivity index (χ3n) is 2.98. The van der Waals surface area contributed by atoms with E-state index >= 15 is 0 Å². The molecular weight excluding hydrogens is 321 g/mol. The van der Waals surface area contributed by atoms with E-state index in [9.17, 15) is 27.6 Å². The van der Waals surface area contributed by atoms with E-state index in [2.05, 4.69) is 10.1 Å². The van der Waals surface area contributed by atoms with E-state index in [1.165, 1.54) is 12.1 Å². The van der Waals surface area contributed by atoms with Crippen molar-refractivity contribution < 1.29 is 37.4 Å². The molecule has 0 radical (unpaired) electrons. The molecule has 1 fully saturated rings. The van der Waals surface area contributed by atoms with E-state index in [1.807, 2.05) is 0 Å². The molecule has 1 atom stereocenters. The van der Waals surface area contributed by atoms with Crippen molar-refractivity contribution in [2.24, 2.45) is 0 Å². The molecule has 1 saturated heterocycles. The minimum absolute atomic E-state index is 0.105. The smallest absolute Gasteiger partial charge is 0.481 e. The number of hydrogen-bond donors (Lipinski definition) is 2. The third-order valence-corrected chi connectivity index (χ3v) is 2.98. The summed E-state index contributed by atoms with van der Waals surface area (Å²) >= 11 is 0. The third kappa shape index (κ3) is 4.11. The van der Waals surface area contributed by atoms with Crippen molar-refractivity contribution in [3.05, 3.63) is 24.3 Å². The van der Waals surface area contributed by atoms with E-state index in [0.717, 1.165) is 12.1 Å². The van der Waals surface area contributed by atoms with Crippen LogP contribution in [0.25, 0.3) is 0 Å². The van der Waals surface area contributed by atoms with Crippen LogP contribution in [-0.4, -0.2) is 35.4 Å². The fourth-order valence-corrected chi connectivity index (χ4v) is 2.06. The van der Waals surface area contributed by atoms with Gasteiger partial charge in [0.05, 0.1) is 5.69 Å². The van der Waals surface area contributed by atoms with Crippen molar-refractivity contribution >= 4 is 23.6 Å². The largest absolute Gasteiger partial charge is 0.573 e. The summed E-state index contributed by atoms with van der Waals surface area (Å²) < 4.78 is 40.3. The SMILES string of the molecule is O=C(O)CC[C@@H]1NC(=O)N(c2cccc(OC(F)(F)F)c2)C1=O. The van der Waals surface area contributed by atoms with Crippen LogP contribution in [0.3, 0.4) is 0 Å². The van der Waals surface area contributed by atoms with Gasteiger partial charge in [0.15, 0.2) is 0 Å². The molecule has 1 heterocycles. The predicted molar refractivity (Wildman–Crippen MR) is 69.8 cm³/mol. The fourth-order valence-electron chi connectivity index (χ4n) is 2.06. The maximum atomic E-state index is 12.2. The van der Waals surface area contributed by atoms with Crippen LogP contribution < -0.4 is 15.0 Å². The van der Waals surface area contributed by atoms with Gasteiger partial charge in [-0.3, -0.25) is 9.59 Å². The molecule has 1 aliphatic rings. The summed E-state index contributed by atoms with van der Waals surface area (Å²) in [6.45, 7) is 0. The average molecular weight is 332 g/mol. The molecule has 0 aliphatic carbocycles. The first-order chi connectivity index (χ1) is 10.7. The Bertz CT molecular complexity index is 647.